The third kappa shape index (κ3) is 6.02. The van der Waals surface area contributed by atoms with Crippen molar-refractivity contribution in [2.24, 2.45) is 11.8 Å². The van der Waals surface area contributed by atoms with Gasteiger partial charge in [0.2, 0.25) is 0 Å². The van der Waals surface area contributed by atoms with Gasteiger partial charge in [-0.05, 0) is 23.5 Å². The third-order valence-electron chi connectivity index (χ3n) is 5.22. The first-order valence-electron chi connectivity index (χ1n) is 9.97. The zero-order valence-electron chi connectivity index (χ0n) is 17.0. The minimum Gasteiger partial charge on any atom is -0.392 e. The molecule has 2 aromatic rings. The lowest BCUT2D eigenvalue weighted by Gasteiger charge is -2.36. The fourth-order valence-electron chi connectivity index (χ4n) is 3.63. The maximum atomic E-state index is 13.3. The molecule has 146 valence electrons. The molecule has 2 aromatic carbocycles. The summed E-state index contributed by atoms with van der Waals surface area (Å²) in [5.74, 6) is -0.0703. The van der Waals surface area contributed by atoms with Gasteiger partial charge in [-0.15, -0.1) is 0 Å². The van der Waals surface area contributed by atoms with Crippen molar-refractivity contribution in [2.75, 3.05) is 0 Å². The van der Waals surface area contributed by atoms with Gasteiger partial charge in [-0.3, -0.25) is 9.69 Å². The minimum absolute atomic E-state index is 0.131. The molecule has 0 amide bonds. The number of carbonyl (C=O) groups is 1. The van der Waals surface area contributed by atoms with Gasteiger partial charge in [-0.2, -0.15) is 0 Å². The lowest BCUT2D eigenvalue weighted by molar-refractivity contribution is -0.133. The number of aliphatic hydroxyl groups excluding tert-OH is 1. The Morgan fingerprint density at radius 1 is 0.889 bits per heavy atom. The van der Waals surface area contributed by atoms with Gasteiger partial charge in [0.1, 0.15) is 0 Å². The first kappa shape index (κ1) is 21.3. The number of hydrogen-bond donors (Lipinski definition) is 1. The van der Waals surface area contributed by atoms with E-state index in [4.69, 9.17) is 0 Å². The molecule has 27 heavy (non-hydrogen) atoms. The first-order chi connectivity index (χ1) is 12.9. The summed E-state index contributed by atoms with van der Waals surface area (Å²) in [7, 11) is 0. The number of ketones is 1. The Morgan fingerprint density at radius 2 is 1.33 bits per heavy atom. The molecule has 0 aromatic heterocycles. The molecule has 3 atom stereocenters. The molecule has 0 heterocycles. The smallest absolute Gasteiger partial charge is 0.155 e. The van der Waals surface area contributed by atoms with Gasteiger partial charge in [0.15, 0.2) is 5.78 Å². The second-order valence-electron chi connectivity index (χ2n) is 7.73. The molecule has 0 aliphatic rings. The van der Waals surface area contributed by atoms with Crippen molar-refractivity contribution in [3.05, 3.63) is 71.8 Å². The van der Waals surface area contributed by atoms with E-state index in [1.165, 1.54) is 11.1 Å². The number of nitrogens with zero attached hydrogens (tertiary/aromatic N) is 1. The molecule has 0 spiro atoms. The van der Waals surface area contributed by atoms with E-state index >= 15 is 0 Å². The Bertz CT molecular complexity index is 643. The third-order valence-corrected chi connectivity index (χ3v) is 5.22. The van der Waals surface area contributed by atoms with E-state index in [0.717, 1.165) is 0 Å². The molecule has 0 saturated carbocycles. The van der Waals surface area contributed by atoms with Crippen LogP contribution >= 0.6 is 0 Å². The number of aliphatic hydroxyl groups is 1. The number of Topliss-reactive ketones (excluding diaryl/α,β-unsaturated/α-hetero) is 1. The Balaban J connectivity index is 2.33. The van der Waals surface area contributed by atoms with Crippen LogP contribution in [0, 0.1) is 11.8 Å². The van der Waals surface area contributed by atoms with Gasteiger partial charge in [-0.1, -0.05) is 88.4 Å². The van der Waals surface area contributed by atoms with E-state index < -0.39 is 6.10 Å². The number of carbonyl (C=O) groups excluding carboxylic acids is 1. The first-order valence-corrected chi connectivity index (χ1v) is 9.97. The molecular weight excluding hydrogens is 334 g/mol. The zero-order valence-corrected chi connectivity index (χ0v) is 17.0. The average Bonchev–Trinajstić information content (AvgIpc) is 2.68. The SMILES string of the molecule is CC[C@H](O)[C@H](C)C(=O)[C@H](C(C)C)N(Cc1ccccc1)Cc1ccccc1. The summed E-state index contributed by atoms with van der Waals surface area (Å²) in [6.07, 6.45) is 0.00351. The maximum absolute atomic E-state index is 13.3. The van der Waals surface area contributed by atoms with Crippen LogP contribution < -0.4 is 0 Å². The Morgan fingerprint density at radius 3 is 1.70 bits per heavy atom. The van der Waals surface area contributed by atoms with Crippen molar-refractivity contribution >= 4 is 5.78 Å². The van der Waals surface area contributed by atoms with Gasteiger partial charge in [0, 0.05) is 19.0 Å². The highest BCUT2D eigenvalue weighted by molar-refractivity contribution is 5.86. The molecule has 0 aliphatic heterocycles. The van der Waals surface area contributed by atoms with Gasteiger partial charge in [0.05, 0.1) is 12.1 Å². The molecule has 0 saturated heterocycles. The largest absolute Gasteiger partial charge is 0.392 e. The zero-order chi connectivity index (χ0) is 19.8. The van der Waals surface area contributed by atoms with Crippen molar-refractivity contribution in [1.29, 1.82) is 0 Å². The molecule has 3 heteroatoms. The highest BCUT2D eigenvalue weighted by Gasteiger charge is 2.34. The van der Waals surface area contributed by atoms with E-state index in [1.807, 2.05) is 50.2 Å². The summed E-state index contributed by atoms with van der Waals surface area (Å²) in [5.41, 5.74) is 2.38. The van der Waals surface area contributed by atoms with Gasteiger partial charge >= 0.3 is 0 Å². The van der Waals surface area contributed by atoms with Crippen LogP contribution in [0.5, 0.6) is 0 Å². The number of benzene rings is 2. The Labute approximate surface area is 164 Å². The molecule has 1 N–H and O–H groups in total. The Kier molecular flexibility index (Phi) is 8.21. The fraction of sp³-hybridized carbons (Fsp3) is 0.458. The normalized spacial score (nSPS) is 14.9. The predicted octanol–water partition coefficient (Wildman–Crippen LogP) is 4.69. The van der Waals surface area contributed by atoms with Crippen molar-refractivity contribution in [3.8, 4) is 0 Å². The number of hydrogen-bond acceptors (Lipinski definition) is 3. The van der Waals surface area contributed by atoms with Crippen LogP contribution in [0.1, 0.15) is 45.2 Å². The van der Waals surface area contributed by atoms with E-state index in [2.05, 4.69) is 43.0 Å². The highest BCUT2D eigenvalue weighted by atomic mass is 16.3. The van der Waals surface area contributed by atoms with E-state index in [-0.39, 0.29) is 23.7 Å². The van der Waals surface area contributed by atoms with Crippen LogP contribution in [0.25, 0.3) is 0 Å². The molecule has 3 nitrogen and oxygen atoms in total. The second-order valence-corrected chi connectivity index (χ2v) is 7.73. The van der Waals surface area contributed by atoms with Crippen molar-refractivity contribution < 1.29 is 9.90 Å². The van der Waals surface area contributed by atoms with Crippen LogP contribution in [-0.2, 0) is 17.9 Å². The van der Waals surface area contributed by atoms with Crippen molar-refractivity contribution in [3.63, 3.8) is 0 Å². The van der Waals surface area contributed by atoms with E-state index in [0.29, 0.717) is 19.5 Å². The average molecular weight is 368 g/mol. The molecule has 0 bridgehead atoms. The standard InChI is InChI=1S/C24H33NO2/c1-5-22(26)19(4)24(27)23(18(2)3)25(16-20-12-8-6-9-13-20)17-21-14-10-7-11-15-21/h6-15,18-19,22-23,26H,5,16-17H2,1-4H3/t19-,22-,23-/m0/s1. The van der Waals surface area contributed by atoms with E-state index in [1.54, 1.807) is 0 Å². The van der Waals surface area contributed by atoms with Crippen molar-refractivity contribution in [1.82, 2.24) is 4.90 Å². The van der Waals surface area contributed by atoms with Crippen LogP contribution in [-0.4, -0.2) is 27.9 Å². The van der Waals surface area contributed by atoms with Gasteiger partial charge < -0.3 is 5.11 Å². The minimum atomic E-state index is -0.589. The summed E-state index contributed by atoms with van der Waals surface area (Å²) in [6.45, 7) is 9.38. The second kappa shape index (κ2) is 10.4. The molecular formula is C24H33NO2. The Hall–Kier alpha value is -1.97. The molecule has 0 radical (unpaired) electrons. The van der Waals surface area contributed by atoms with Crippen LogP contribution in [0.4, 0.5) is 0 Å². The summed E-state index contributed by atoms with van der Waals surface area (Å²) in [6, 6.07) is 20.3. The summed E-state index contributed by atoms with van der Waals surface area (Å²) in [4.78, 5) is 15.6. The maximum Gasteiger partial charge on any atom is 0.155 e. The fourth-order valence-corrected chi connectivity index (χ4v) is 3.63. The lowest BCUT2D eigenvalue weighted by Crippen LogP contribution is -2.48. The molecule has 0 fully saturated rings. The van der Waals surface area contributed by atoms with Gasteiger partial charge in [-0.25, -0.2) is 0 Å². The van der Waals surface area contributed by atoms with Gasteiger partial charge in [0.25, 0.3) is 0 Å². The van der Waals surface area contributed by atoms with E-state index in [9.17, 15) is 9.90 Å². The predicted molar refractivity (Wildman–Crippen MR) is 111 cm³/mol. The summed E-state index contributed by atoms with van der Waals surface area (Å²) < 4.78 is 0. The van der Waals surface area contributed by atoms with Crippen LogP contribution in [0.15, 0.2) is 60.7 Å². The van der Waals surface area contributed by atoms with Crippen LogP contribution in [0.3, 0.4) is 0 Å². The topological polar surface area (TPSA) is 40.5 Å². The quantitative estimate of drug-likeness (QED) is 0.662. The monoisotopic (exact) mass is 367 g/mol. The van der Waals surface area contributed by atoms with Crippen molar-refractivity contribution in [2.45, 2.75) is 59.4 Å². The molecule has 2 rings (SSSR count). The summed E-state index contributed by atoms with van der Waals surface area (Å²) in [5, 5.41) is 10.2. The molecule has 0 aliphatic carbocycles. The highest BCUT2D eigenvalue weighted by Crippen LogP contribution is 2.23. The molecule has 0 unspecified atom stereocenters. The lowest BCUT2D eigenvalue weighted by atomic mass is 9.86. The van der Waals surface area contributed by atoms with Crippen LogP contribution in [0.2, 0.25) is 0 Å². The number of rotatable bonds is 10. The summed E-state index contributed by atoms with van der Waals surface area (Å²) >= 11 is 0.